The lowest BCUT2D eigenvalue weighted by Gasteiger charge is -2.31. The van der Waals surface area contributed by atoms with E-state index in [4.69, 9.17) is 11.6 Å². The summed E-state index contributed by atoms with van der Waals surface area (Å²) in [6, 6.07) is 14.2. The number of amides is 2. The Labute approximate surface area is 232 Å². The SMILES string of the molecule is CCc1ccc(N(CCCC(=O)N(Cc2ccccc2Cl)C(C)C(=O)NC2CCCCC2)S(C)(=O)=O)cc1. The quantitative estimate of drug-likeness (QED) is 0.380. The minimum absolute atomic E-state index is 0.102. The fourth-order valence-electron chi connectivity index (χ4n) is 4.86. The van der Waals surface area contributed by atoms with Crippen LogP contribution in [-0.4, -0.2) is 50.0 Å². The average Bonchev–Trinajstić information content (AvgIpc) is 2.90. The highest BCUT2D eigenvalue weighted by Crippen LogP contribution is 2.23. The van der Waals surface area contributed by atoms with Gasteiger partial charge in [0.2, 0.25) is 21.8 Å². The molecule has 0 bridgehead atoms. The van der Waals surface area contributed by atoms with Crippen molar-refractivity contribution in [3.63, 3.8) is 0 Å². The number of anilines is 1. The van der Waals surface area contributed by atoms with Crippen LogP contribution >= 0.6 is 11.6 Å². The molecule has 0 aromatic heterocycles. The lowest BCUT2D eigenvalue weighted by molar-refractivity contribution is -0.141. The van der Waals surface area contributed by atoms with Crippen molar-refractivity contribution in [2.45, 2.75) is 83.8 Å². The molecule has 3 rings (SSSR count). The van der Waals surface area contributed by atoms with Crippen LogP contribution in [0.4, 0.5) is 5.69 Å². The van der Waals surface area contributed by atoms with E-state index in [1.54, 1.807) is 30.0 Å². The molecular weight excluding hydrogens is 522 g/mol. The molecule has 7 nitrogen and oxygen atoms in total. The van der Waals surface area contributed by atoms with Gasteiger partial charge >= 0.3 is 0 Å². The van der Waals surface area contributed by atoms with E-state index < -0.39 is 16.1 Å². The third kappa shape index (κ3) is 8.46. The summed E-state index contributed by atoms with van der Waals surface area (Å²) in [5.74, 6) is -0.392. The van der Waals surface area contributed by atoms with Crippen LogP contribution in [0.3, 0.4) is 0 Å². The van der Waals surface area contributed by atoms with E-state index in [2.05, 4.69) is 5.32 Å². The Morgan fingerprint density at radius 3 is 2.32 bits per heavy atom. The van der Waals surface area contributed by atoms with Gasteiger partial charge in [0.1, 0.15) is 6.04 Å². The topological polar surface area (TPSA) is 86.8 Å². The first-order valence-corrected chi connectivity index (χ1v) is 15.7. The molecule has 2 aromatic rings. The first-order chi connectivity index (χ1) is 18.1. The minimum Gasteiger partial charge on any atom is -0.352 e. The van der Waals surface area contributed by atoms with E-state index in [1.165, 1.54) is 17.0 Å². The highest BCUT2D eigenvalue weighted by Gasteiger charge is 2.29. The second kappa shape index (κ2) is 14.0. The van der Waals surface area contributed by atoms with Crippen LogP contribution in [0.5, 0.6) is 0 Å². The zero-order valence-corrected chi connectivity index (χ0v) is 24.2. The fourth-order valence-corrected chi connectivity index (χ4v) is 6.02. The van der Waals surface area contributed by atoms with E-state index in [0.29, 0.717) is 17.1 Å². The van der Waals surface area contributed by atoms with Crippen molar-refractivity contribution >= 4 is 39.1 Å². The van der Waals surface area contributed by atoms with Gasteiger partial charge in [0.25, 0.3) is 0 Å². The van der Waals surface area contributed by atoms with Crippen molar-refractivity contribution in [2.24, 2.45) is 0 Å². The smallest absolute Gasteiger partial charge is 0.242 e. The van der Waals surface area contributed by atoms with Crippen LogP contribution in [0.25, 0.3) is 0 Å². The van der Waals surface area contributed by atoms with E-state index in [-0.39, 0.29) is 37.4 Å². The van der Waals surface area contributed by atoms with Crippen LogP contribution in [0, 0.1) is 0 Å². The zero-order chi connectivity index (χ0) is 27.7. The van der Waals surface area contributed by atoms with E-state index in [1.807, 2.05) is 37.3 Å². The Kier molecular flexibility index (Phi) is 11.0. The molecule has 1 aliphatic carbocycles. The Morgan fingerprint density at radius 1 is 1.05 bits per heavy atom. The molecule has 1 aliphatic rings. The summed E-state index contributed by atoms with van der Waals surface area (Å²) in [7, 11) is -3.53. The van der Waals surface area contributed by atoms with Gasteiger partial charge in [0.15, 0.2) is 0 Å². The summed E-state index contributed by atoms with van der Waals surface area (Å²) in [6.07, 6.45) is 7.74. The minimum atomic E-state index is -3.53. The molecule has 2 amide bonds. The third-order valence-corrected chi connectivity index (χ3v) is 8.76. The number of nitrogens with zero attached hydrogens (tertiary/aromatic N) is 2. The summed E-state index contributed by atoms with van der Waals surface area (Å²) in [6.45, 7) is 4.15. The van der Waals surface area contributed by atoms with Gasteiger partial charge in [0.05, 0.1) is 11.9 Å². The van der Waals surface area contributed by atoms with Gasteiger partial charge in [-0.2, -0.15) is 0 Å². The number of nitrogens with one attached hydrogen (secondary N) is 1. The molecule has 1 saturated carbocycles. The maximum atomic E-state index is 13.5. The standard InChI is InChI=1S/C29H40ClN3O4S/c1-4-23-16-18-26(19-17-23)33(38(3,36)37)20-10-15-28(34)32(21-24-11-8-9-14-27(24)30)22(2)29(35)31-25-12-6-5-7-13-25/h8-9,11,14,16-19,22,25H,4-7,10,12-13,15,20-21H2,1-3H3,(H,31,35). The van der Waals surface area contributed by atoms with Gasteiger partial charge in [-0.25, -0.2) is 8.42 Å². The number of hydrogen-bond acceptors (Lipinski definition) is 4. The lowest BCUT2D eigenvalue weighted by atomic mass is 9.95. The highest BCUT2D eigenvalue weighted by molar-refractivity contribution is 7.92. The maximum Gasteiger partial charge on any atom is 0.242 e. The number of hydrogen-bond donors (Lipinski definition) is 1. The number of aryl methyl sites for hydroxylation is 1. The molecule has 208 valence electrons. The van der Waals surface area contributed by atoms with Crippen LogP contribution < -0.4 is 9.62 Å². The monoisotopic (exact) mass is 561 g/mol. The highest BCUT2D eigenvalue weighted by atomic mass is 35.5. The molecular formula is C29H40ClN3O4S. The largest absolute Gasteiger partial charge is 0.352 e. The second-order valence-electron chi connectivity index (χ2n) is 10.1. The van der Waals surface area contributed by atoms with Crippen molar-refractivity contribution in [3.8, 4) is 0 Å². The summed E-state index contributed by atoms with van der Waals surface area (Å²) >= 11 is 6.39. The number of carbonyl (C=O) groups is 2. The molecule has 2 aromatic carbocycles. The van der Waals surface area contributed by atoms with Crippen LogP contribution in [0.15, 0.2) is 48.5 Å². The van der Waals surface area contributed by atoms with Gasteiger partial charge in [0, 0.05) is 30.6 Å². The van der Waals surface area contributed by atoms with Gasteiger partial charge < -0.3 is 10.2 Å². The van der Waals surface area contributed by atoms with Crippen molar-refractivity contribution in [2.75, 3.05) is 17.1 Å². The predicted octanol–water partition coefficient (Wildman–Crippen LogP) is 5.31. The van der Waals surface area contributed by atoms with Crippen molar-refractivity contribution < 1.29 is 18.0 Å². The number of sulfonamides is 1. The van der Waals surface area contributed by atoms with Crippen LogP contribution in [0.2, 0.25) is 5.02 Å². The molecule has 1 N–H and O–H groups in total. The van der Waals surface area contributed by atoms with Crippen LogP contribution in [0.1, 0.15) is 69.9 Å². The van der Waals surface area contributed by atoms with Crippen LogP contribution in [-0.2, 0) is 32.6 Å². The molecule has 9 heteroatoms. The molecule has 0 saturated heterocycles. The maximum absolute atomic E-state index is 13.5. The normalized spacial score (nSPS) is 15.1. The Balaban J connectivity index is 1.71. The molecule has 0 aliphatic heterocycles. The number of rotatable bonds is 12. The van der Waals surface area contributed by atoms with Gasteiger partial charge in [-0.15, -0.1) is 0 Å². The molecule has 0 spiro atoms. The van der Waals surface area contributed by atoms with Gasteiger partial charge in [-0.3, -0.25) is 13.9 Å². The summed E-state index contributed by atoms with van der Waals surface area (Å²) in [4.78, 5) is 28.2. The summed E-state index contributed by atoms with van der Waals surface area (Å²) < 4.78 is 26.4. The second-order valence-corrected chi connectivity index (χ2v) is 12.4. The number of benzene rings is 2. The molecule has 0 radical (unpaired) electrons. The molecule has 38 heavy (non-hydrogen) atoms. The average molecular weight is 562 g/mol. The van der Waals surface area contributed by atoms with E-state index in [0.717, 1.165) is 43.2 Å². The lowest BCUT2D eigenvalue weighted by Crippen LogP contribution is -2.50. The first kappa shape index (κ1) is 30.0. The van der Waals surface area contributed by atoms with Crippen molar-refractivity contribution in [1.82, 2.24) is 10.2 Å². The van der Waals surface area contributed by atoms with E-state index >= 15 is 0 Å². The summed E-state index contributed by atoms with van der Waals surface area (Å²) in [5, 5.41) is 3.66. The zero-order valence-electron chi connectivity index (χ0n) is 22.7. The van der Waals surface area contributed by atoms with Crippen molar-refractivity contribution in [1.29, 1.82) is 0 Å². The van der Waals surface area contributed by atoms with Gasteiger partial charge in [-0.05, 0) is 61.9 Å². The number of halogens is 1. The summed E-state index contributed by atoms with van der Waals surface area (Å²) in [5.41, 5.74) is 2.45. The third-order valence-electron chi connectivity index (χ3n) is 7.20. The van der Waals surface area contributed by atoms with E-state index in [9.17, 15) is 18.0 Å². The van der Waals surface area contributed by atoms with Crippen molar-refractivity contribution in [3.05, 3.63) is 64.7 Å². The number of carbonyl (C=O) groups excluding carboxylic acids is 2. The molecule has 1 unspecified atom stereocenters. The molecule has 1 atom stereocenters. The Hall–Kier alpha value is -2.58. The molecule has 0 heterocycles. The van der Waals surface area contributed by atoms with Gasteiger partial charge in [-0.1, -0.05) is 68.1 Å². The first-order valence-electron chi connectivity index (χ1n) is 13.5. The predicted molar refractivity (Wildman–Crippen MR) is 154 cm³/mol. The Morgan fingerprint density at radius 2 is 1.71 bits per heavy atom. The fraction of sp³-hybridized carbons (Fsp3) is 0.517. The Bertz CT molecular complexity index is 1180. The molecule has 1 fully saturated rings.